The van der Waals surface area contributed by atoms with Gasteiger partial charge in [0, 0.05) is 6.07 Å². The van der Waals surface area contributed by atoms with E-state index in [0.717, 1.165) is 12.2 Å². The molecule has 0 aliphatic rings. The minimum atomic E-state index is 0.553. The largest absolute Gasteiger partial charge is 0.495 e. The van der Waals surface area contributed by atoms with Crippen molar-refractivity contribution in [2.75, 3.05) is 20.3 Å². The number of ether oxygens (including phenoxy) is 2. The van der Waals surface area contributed by atoms with Crippen molar-refractivity contribution in [3.8, 4) is 11.5 Å². The number of benzene rings is 1. The van der Waals surface area contributed by atoms with Gasteiger partial charge in [0.1, 0.15) is 11.5 Å². The van der Waals surface area contributed by atoms with Gasteiger partial charge in [-0.05, 0) is 25.1 Å². The van der Waals surface area contributed by atoms with Crippen LogP contribution in [0.1, 0.15) is 6.42 Å². The van der Waals surface area contributed by atoms with E-state index in [-0.39, 0.29) is 0 Å². The quantitative estimate of drug-likeness (QED) is 0.765. The summed E-state index contributed by atoms with van der Waals surface area (Å²) >= 11 is 5.91. The molecule has 78 valence electrons. The van der Waals surface area contributed by atoms with Crippen LogP contribution >= 0.6 is 11.6 Å². The lowest BCUT2D eigenvalue weighted by molar-refractivity contribution is 0.312. The molecule has 0 aliphatic carbocycles. The summed E-state index contributed by atoms with van der Waals surface area (Å²) in [4.78, 5) is 0. The molecular weight excluding hydrogens is 202 g/mol. The van der Waals surface area contributed by atoms with Gasteiger partial charge in [-0.15, -0.1) is 0 Å². The fourth-order valence-corrected chi connectivity index (χ4v) is 1.26. The summed E-state index contributed by atoms with van der Waals surface area (Å²) in [7, 11) is 1.58. The van der Waals surface area contributed by atoms with E-state index in [2.05, 4.69) is 0 Å². The maximum atomic E-state index is 5.91. The minimum Gasteiger partial charge on any atom is -0.495 e. The fourth-order valence-electron chi connectivity index (χ4n) is 1.01. The van der Waals surface area contributed by atoms with Crippen LogP contribution in [0.4, 0.5) is 0 Å². The summed E-state index contributed by atoms with van der Waals surface area (Å²) in [5.41, 5.74) is 5.34. The Bertz CT molecular complexity index is 291. The Labute approximate surface area is 88.8 Å². The lowest BCUT2D eigenvalue weighted by Crippen LogP contribution is -2.06. The molecule has 0 aromatic heterocycles. The molecule has 0 aliphatic heterocycles. The number of nitrogens with two attached hydrogens (primary N) is 1. The average Bonchev–Trinajstić information content (AvgIpc) is 2.18. The molecule has 0 unspecified atom stereocenters. The molecule has 0 bridgehead atoms. The van der Waals surface area contributed by atoms with Gasteiger partial charge in [0.15, 0.2) is 0 Å². The number of hydrogen-bond donors (Lipinski definition) is 1. The highest BCUT2D eigenvalue weighted by atomic mass is 35.5. The van der Waals surface area contributed by atoms with Gasteiger partial charge < -0.3 is 15.2 Å². The van der Waals surface area contributed by atoms with Crippen LogP contribution in [0.3, 0.4) is 0 Å². The Hall–Kier alpha value is -0.930. The van der Waals surface area contributed by atoms with Crippen LogP contribution in [0.2, 0.25) is 5.02 Å². The van der Waals surface area contributed by atoms with Gasteiger partial charge in [0.05, 0.1) is 18.7 Å². The Morgan fingerprint density at radius 3 is 2.79 bits per heavy atom. The number of methoxy groups -OCH3 is 1. The summed E-state index contributed by atoms with van der Waals surface area (Å²) in [6.45, 7) is 1.24. The van der Waals surface area contributed by atoms with Gasteiger partial charge in [-0.2, -0.15) is 0 Å². The topological polar surface area (TPSA) is 44.5 Å². The minimum absolute atomic E-state index is 0.553. The van der Waals surface area contributed by atoms with E-state index in [1.54, 1.807) is 19.2 Å². The molecule has 1 aromatic rings. The van der Waals surface area contributed by atoms with E-state index in [1.165, 1.54) is 0 Å². The Morgan fingerprint density at radius 2 is 2.21 bits per heavy atom. The number of halogens is 1. The van der Waals surface area contributed by atoms with Crippen molar-refractivity contribution in [1.82, 2.24) is 0 Å². The van der Waals surface area contributed by atoms with Crippen molar-refractivity contribution < 1.29 is 9.47 Å². The van der Waals surface area contributed by atoms with Crippen LogP contribution in [0.15, 0.2) is 18.2 Å². The van der Waals surface area contributed by atoms with E-state index in [4.69, 9.17) is 26.8 Å². The van der Waals surface area contributed by atoms with Crippen molar-refractivity contribution in [3.05, 3.63) is 23.2 Å². The SMILES string of the molecule is COc1ccc(OCCCN)cc1Cl. The zero-order valence-electron chi connectivity index (χ0n) is 8.13. The molecule has 0 saturated carbocycles. The molecule has 0 atom stereocenters. The first kappa shape index (κ1) is 11.1. The molecule has 0 fully saturated rings. The van der Waals surface area contributed by atoms with Crippen molar-refractivity contribution in [3.63, 3.8) is 0 Å². The van der Waals surface area contributed by atoms with Crippen LogP contribution in [0.25, 0.3) is 0 Å². The van der Waals surface area contributed by atoms with Crippen LogP contribution in [0.5, 0.6) is 11.5 Å². The van der Waals surface area contributed by atoms with E-state index < -0.39 is 0 Å². The van der Waals surface area contributed by atoms with E-state index in [1.807, 2.05) is 6.07 Å². The predicted octanol–water partition coefficient (Wildman–Crippen LogP) is 2.08. The van der Waals surface area contributed by atoms with E-state index in [0.29, 0.717) is 23.9 Å². The first-order valence-electron chi connectivity index (χ1n) is 4.44. The average molecular weight is 216 g/mol. The van der Waals surface area contributed by atoms with Gasteiger partial charge in [0.2, 0.25) is 0 Å². The third-order valence-electron chi connectivity index (χ3n) is 1.74. The first-order chi connectivity index (χ1) is 6.77. The lowest BCUT2D eigenvalue weighted by Gasteiger charge is -2.07. The highest BCUT2D eigenvalue weighted by Crippen LogP contribution is 2.28. The molecule has 1 aromatic carbocycles. The van der Waals surface area contributed by atoms with Crippen LogP contribution in [-0.2, 0) is 0 Å². The molecule has 2 N–H and O–H groups in total. The maximum absolute atomic E-state index is 5.91. The molecule has 0 heterocycles. The standard InChI is InChI=1S/C10H14ClNO2/c1-13-10-4-3-8(7-9(10)11)14-6-2-5-12/h3-4,7H,2,5-6,12H2,1H3. The molecule has 0 saturated heterocycles. The van der Waals surface area contributed by atoms with Crippen molar-refractivity contribution in [2.24, 2.45) is 5.73 Å². The van der Waals surface area contributed by atoms with Crippen molar-refractivity contribution in [1.29, 1.82) is 0 Å². The molecule has 0 spiro atoms. The summed E-state index contributed by atoms with van der Waals surface area (Å²) in [6.07, 6.45) is 0.837. The molecule has 1 rings (SSSR count). The van der Waals surface area contributed by atoms with Crippen LogP contribution in [0, 0.1) is 0 Å². The second-order valence-electron chi connectivity index (χ2n) is 2.79. The molecule has 0 amide bonds. The molecule has 0 radical (unpaired) electrons. The highest BCUT2D eigenvalue weighted by molar-refractivity contribution is 6.32. The Kier molecular flexibility index (Phi) is 4.56. The summed E-state index contributed by atoms with van der Waals surface area (Å²) in [6, 6.07) is 5.33. The van der Waals surface area contributed by atoms with Crippen LogP contribution < -0.4 is 15.2 Å². The van der Waals surface area contributed by atoms with Gasteiger partial charge in [0.25, 0.3) is 0 Å². The Balaban J connectivity index is 2.57. The normalized spacial score (nSPS) is 9.93. The lowest BCUT2D eigenvalue weighted by atomic mass is 10.3. The van der Waals surface area contributed by atoms with E-state index >= 15 is 0 Å². The highest BCUT2D eigenvalue weighted by Gasteiger charge is 2.01. The summed E-state index contributed by atoms with van der Waals surface area (Å²) in [5.74, 6) is 1.39. The second-order valence-corrected chi connectivity index (χ2v) is 3.19. The fraction of sp³-hybridized carbons (Fsp3) is 0.400. The third kappa shape index (κ3) is 3.09. The Morgan fingerprint density at radius 1 is 1.43 bits per heavy atom. The van der Waals surface area contributed by atoms with Crippen molar-refractivity contribution >= 4 is 11.6 Å². The number of rotatable bonds is 5. The van der Waals surface area contributed by atoms with Gasteiger partial charge in [-0.3, -0.25) is 0 Å². The second kappa shape index (κ2) is 5.73. The zero-order valence-corrected chi connectivity index (χ0v) is 8.88. The predicted molar refractivity (Wildman–Crippen MR) is 57.2 cm³/mol. The zero-order chi connectivity index (χ0) is 10.4. The van der Waals surface area contributed by atoms with Gasteiger partial charge in [-0.1, -0.05) is 11.6 Å². The molecule has 3 nitrogen and oxygen atoms in total. The summed E-state index contributed by atoms with van der Waals surface area (Å²) in [5, 5.41) is 0.553. The molecule has 14 heavy (non-hydrogen) atoms. The van der Waals surface area contributed by atoms with Crippen LogP contribution in [-0.4, -0.2) is 20.3 Å². The molecular formula is C10H14ClNO2. The maximum Gasteiger partial charge on any atom is 0.137 e. The van der Waals surface area contributed by atoms with Gasteiger partial charge in [-0.25, -0.2) is 0 Å². The third-order valence-corrected chi connectivity index (χ3v) is 2.04. The monoisotopic (exact) mass is 215 g/mol. The molecule has 4 heteroatoms. The van der Waals surface area contributed by atoms with Crippen molar-refractivity contribution in [2.45, 2.75) is 6.42 Å². The van der Waals surface area contributed by atoms with E-state index in [9.17, 15) is 0 Å². The summed E-state index contributed by atoms with van der Waals surface area (Å²) < 4.78 is 10.4. The van der Waals surface area contributed by atoms with Gasteiger partial charge >= 0.3 is 0 Å². The first-order valence-corrected chi connectivity index (χ1v) is 4.82. The number of hydrogen-bond acceptors (Lipinski definition) is 3. The smallest absolute Gasteiger partial charge is 0.137 e.